The Labute approximate surface area is 153 Å². The van der Waals surface area contributed by atoms with E-state index in [1.807, 2.05) is 30.3 Å². The van der Waals surface area contributed by atoms with E-state index in [-0.39, 0.29) is 11.5 Å². The van der Waals surface area contributed by atoms with Crippen LogP contribution in [-0.4, -0.2) is 15.2 Å². The predicted octanol–water partition coefficient (Wildman–Crippen LogP) is 6.18. The molecule has 0 radical (unpaired) electrons. The highest BCUT2D eigenvalue weighted by Crippen LogP contribution is 2.36. The number of azo groups is 1. The van der Waals surface area contributed by atoms with E-state index in [0.717, 1.165) is 35.7 Å². The molecule has 0 aliphatic heterocycles. The Kier molecular flexibility index (Phi) is 5.79. The first-order chi connectivity index (χ1) is 12.7. The Hall–Kier alpha value is -2.95. The van der Waals surface area contributed by atoms with Crippen molar-refractivity contribution in [2.75, 3.05) is 0 Å². The molecular formula is C21H23N3O2. The Morgan fingerprint density at radius 1 is 0.885 bits per heavy atom. The molecule has 5 nitrogen and oxygen atoms in total. The number of para-hydroxylation sites is 1. The van der Waals surface area contributed by atoms with Crippen LogP contribution in [0.15, 0.2) is 58.9 Å². The Balaban J connectivity index is 1.85. The van der Waals surface area contributed by atoms with Gasteiger partial charge in [0.2, 0.25) is 0 Å². The molecule has 0 aliphatic rings. The number of nitrogens with zero attached hydrogens (tertiary/aromatic N) is 3. The Morgan fingerprint density at radius 2 is 1.69 bits per heavy atom. The van der Waals surface area contributed by atoms with Crippen LogP contribution in [0.1, 0.15) is 38.2 Å². The lowest BCUT2D eigenvalue weighted by Crippen LogP contribution is -1.87. The molecule has 0 aliphatic carbocycles. The maximum Gasteiger partial charge on any atom is 0.146 e. The molecule has 3 rings (SSSR count). The van der Waals surface area contributed by atoms with Crippen LogP contribution in [0.2, 0.25) is 0 Å². The average Bonchev–Trinajstić information content (AvgIpc) is 2.66. The zero-order chi connectivity index (χ0) is 18.4. The van der Waals surface area contributed by atoms with Gasteiger partial charge in [0, 0.05) is 17.6 Å². The van der Waals surface area contributed by atoms with E-state index < -0.39 is 0 Å². The third-order valence-corrected chi connectivity index (χ3v) is 4.35. The zero-order valence-electron chi connectivity index (χ0n) is 14.9. The molecule has 1 heterocycles. The summed E-state index contributed by atoms with van der Waals surface area (Å²) >= 11 is 0. The van der Waals surface area contributed by atoms with Crippen molar-refractivity contribution in [3.8, 4) is 11.5 Å². The quantitative estimate of drug-likeness (QED) is 0.394. The molecule has 134 valence electrons. The number of benzene rings is 2. The predicted molar refractivity (Wildman–Crippen MR) is 104 cm³/mol. The molecule has 0 bridgehead atoms. The van der Waals surface area contributed by atoms with E-state index in [0.29, 0.717) is 11.4 Å². The molecule has 0 unspecified atom stereocenters. The molecule has 1 aromatic heterocycles. The van der Waals surface area contributed by atoms with Crippen LogP contribution in [0.25, 0.3) is 10.9 Å². The number of phenols is 2. The summed E-state index contributed by atoms with van der Waals surface area (Å²) in [5.41, 5.74) is 2.53. The fourth-order valence-electron chi connectivity index (χ4n) is 2.91. The van der Waals surface area contributed by atoms with E-state index in [1.165, 1.54) is 18.9 Å². The molecule has 0 saturated heterocycles. The third kappa shape index (κ3) is 4.17. The highest BCUT2D eigenvalue weighted by atomic mass is 16.3. The first-order valence-corrected chi connectivity index (χ1v) is 8.99. The number of hydrogen-bond donors (Lipinski definition) is 2. The van der Waals surface area contributed by atoms with Crippen molar-refractivity contribution in [2.45, 2.75) is 39.0 Å². The van der Waals surface area contributed by atoms with Gasteiger partial charge in [-0.2, -0.15) is 0 Å². The fraction of sp³-hybridized carbons (Fsp3) is 0.286. The zero-order valence-corrected chi connectivity index (χ0v) is 14.9. The molecule has 3 aromatic rings. The van der Waals surface area contributed by atoms with Crippen LogP contribution in [0.5, 0.6) is 11.5 Å². The van der Waals surface area contributed by atoms with Gasteiger partial charge in [-0.25, -0.2) is 0 Å². The monoisotopic (exact) mass is 349 g/mol. The summed E-state index contributed by atoms with van der Waals surface area (Å²) in [6.45, 7) is 2.17. The lowest BCUT2D eigenvalue weighted by atomic mass is 10.0. The highest BCUT2D eigenvalue weighted by molar-refractivity contribution is 5.88. The number of phenolic OH excluding ortho intramolecular Hbond substituents is 2. The first-order valence-electron chi connectivity index (χ1n) is 8.99. The van der Waals surface area contributed by atoms with Crippen molar-refractivity contribution in [2.24, 2.45) is 10.2 Å². The van der Waals surface area contributed by atoms with Gasteiger partial charge in [-0.1, -0.05) is 44.4 Å². The number of unbranched alkanes of at least 4 members (excludes halogenated alkanes) is 3. The number of pyridine rings is 1. The second-order valence-corrected chi connectivity index (χ2v) is 6.33. The molecule has 0 amide bonds. The van der Waals surface area contributed by atoms with Crippen molar-refractivity contribution in [3.05, 3.63) is 54.2 Å². The van der Waals surface area contributed by atoms with Crippen LogP contribution < -0.4 is 0 Å². The van der Waals surface area contributed by atoms with Crippen molar-refractivity contribution < 1.29 is 10.2 Å². The van der Waals surface area contributed by atoms with Crippen LogP contribution in [0.3, 0.4) is 0 Å². The molecule has 26 heavy (non-hydrogen) atoms. The van der Waals surface area contributed by atoms with Crippen molar-refractivity contribution >= 4 is 22.3 Å². The number of rotatable bonds is 7. The first kappa shape index (κ1) is 17.9. The number of hydrogen-bond acceptors (Lipinski definition) is 5. The second-order valence-electron chi connectivity index (χ2n) is 6.33. The van der Waals surface area contributed by atoms with Gasteiger partial charge >= 0.3 is 0 Å². The van der Waals surface area contributed by atoms with E-state index in [9.17, 15) is 10.2 Å². The van der Waals surface area contributed by atoms with Crippen molar-refractivity contribution in [3.63, 3.8) is 0 Å². The average molecular weight is 349 g/mol. The van der Waals surface area contributed by atoms with Crippen LogP contribution in [0.4, 0.5) is 11.4 Å². The lowest BCUT2D eigenvalue weighted by molar-refractivity contribution is 0.445. The Morgan fingerprint density at radius 3 is 2.54 bits per heavy atom. The summed E-state index contributed by atoms with van der Waals surface area (Å²) in [7, 11) is 0. The summed E-state index contributed by atoms with van der Waals surface area (Å²) in [5, 5.41) is 29.6. The van der Waals surface area contributed by atoms with Gasteiger partial charge in [-0.3, -0.25) is 4.98 Å². The minimum atomic E-state index is -0.0863. The lowest BCUT2D eigenvalue weighted by Gasteiger charge is -2.07. The highest BCUT2D eigenvalue weighted by Gasteiger charge is 2.09. The van der Waals surface area contributed by atoms with E-state index in [1.54, 1.807) is 12.3 Å². The van der Waals surface area contributed by atoms with Crippen molar-refractivity contribution in [1.29, 1.82) is 0 Å². The molecule has 2 aromatic carbocycles. The number of aromatic hydroxyl groups is 2. The number of fused-ring (bicyclic) bond motifs is 1. The number of aromatic nitrogens is 1. The minimum Gasteiger partial charge on any atom is -0.508 e. The maximum absolute atomic E-state index is 10.1. The largest absolute Gasteiger partial charge is 0.508 e. The molecule has 0 fully saturated rings. The van der Waals surface area contributed by atoms with Gasteiger partial charge in [-0.15, -0.1) is 10.2 Å². The van der Waals surface area contributed by atoms with Crippen LogP contribution in [0, 0.1) is 0 Å². The molecule has 0 atom stereocenters. The smallest absolute Gasteiger partial charge is 0.146 e. The van der Waals surface area contributed by atoms with Crippen molar-refractivity contribution in [1.82, 2.24) is 4.98 Å². The summed E-state index contributed by atoms with van der Waals surface area (Å²) < 4.78 is 0. The summed E-state index contributed by atoms with van der Waals surface area (Å²) in [5.74, 6) is 0.0153. The summed E-state index contributed by atoms with van der Waals surface area (Å²) in [4.78, 5) is 4.35. The van der Waals surface area contributed by atoms with Crippen LogP contribution in [-0.2, 0) is 6.42 Å². The van der Waals surface area contributed by atoms with Gasteiger partial charge in [0.15, 0.2) is 0 Å². The molecule has 5 heteroatoms. The van der Waals surface area contributed by atoms with Gasteiger partial charge in [0.1, 0.15) is 22.9 Å². The molecular weight excluding hydrogens is 326 g/mol. The minimum absolute atomic E-state index is 0.0863. The summed E-state index contributed by atoms with van der Waals surface area (Å²) in [6.07, 6.45) is 6.93. The standard InChI is InChI=1S/C21H23N3O2/c1-2-3-4-5-8-16-13-18(20(26)14-19(16)25)24-23-17-11-6-9-15-10-7-12-22-21(15)17/h6-7,9-14,25-26H,2-5,8H2,1H3. The van der Waals surface area contributed by atoms with E-state index >= 15 is 0 Å². The van der Waals surface area contributed by atoms with Gasteiger partial charge in [0.25, 0.3) is 0 Å². The van der Waals surface area contributed by atoms with Crippen LogP contribution >= 0.6 is 0 Å². The Bertz CT molecular complexity index is 917. The fourth-order valence-corrected chi connectivity index (χ4v) is 2.91. The van der Waals surface area contributed by atoms with Gasteiger partial charge in [0.05, 0.1) is 5.52 Å². The topological polar surface area (TPSA) is 78.1 Å². The van der Waals surface area contributed by atoms with E-state index in [2.05, 4.69) is 22.1 Å². The third-order valence-electron chi connectivity index (χ3n) is 4.35. The number of aryl methyl sites for hydroxylation is 1. The van der Waals surface area contributed by atoms with Gasteiger partial charge in [-0.05, 0) is 36.6 Å². The molecule has 0 spiro atoms. The van der Waals surface area contributed by atoms with E-state index in [4.69, 9.17) is 0 Å². The SMILES string of the molecule is CCCCCCc1cc(N=Nc2cccc3cccnc23)c(O)cc1O. The molecule has 0 saturated carbocycles. The normalized spacial score (nSPS) is 11.4. The molecule has 2 N–H and O–H groups in total. The maximum atomic E-state index is 10.1. The summed E-state index contributed by atoms with van der Waals surface area (Å²) in [6, 6.07) is 12.6. The second kappa shape index (κ2) is 8.43. The van der Waals surface area contributed by atoms with Gasteiger partial charge < -0.3 is 10.2 Å².